The van der Waals surface area contributed by atoms with Crippen LogP contribution >= 0.6 is 27.7 Å². The molecule has 0 N–H and O–H groups in total. The molecule has 17 heavy (non-hydrogen) atoms. The molecular formula is C14H19BrOS. The number of hydrogen-bond acceptors (Lipinski definition) is 2. The highest BCUT2D eigenvalue weighted by Gasteiger charge is 2.05. The summed E-state index contributed by atoms with van der Waals surface area (Å²) in [6.45, 7) is 4.44. The molecular weight excluding hydrogens is 296 g/mol. The Bertz CT molecular complexity index is 346. The largest absolute Gasteiger partial charge is 0.294 e. The van der Waals surface area contributed by atoms with E-state index < -0.39 is 0 Å². The van der Waals surface area contributed by atoms with Crippen LogP contribution in [0.25, 0.3) is 0 Å². The van der Waals surface area contributed by atoms with Gasteiger partial charge in [-0.1, -0.05) is 41.9 Å². The van der Waals surface area contributed by atoms with Crippen LogP contribution in [0.15, 0.2) is 28.7 Å². The van der Waals surface area contributed by atoms with Gasteiger partial charge in [-0.05, 0) is 36.0 Å². The summed E-state index contributed by atoms with van der Waals surface area (Å²) in [4.78, 5) is 11.8. The molecule has 1 nitrogen and oxygen atoms in total. The quantitative estimate of drug-likeness (QED) is 0.531. The minimum Gasteiger partial charge on any atom is -0.294 e. The van der Waals surface area contributed by atoms with E-state index in [1.807, 2.05) is 36.0 Å². The monoisotopic (exact) mass is 314 g/mol. The Balaban J connectivity index is 2.23. The van der Waals surface area contributed by atoms with Gasteiger partial charge in [0.1, 0.15) is 0 Å². The lowest BCUT2D eigenvalue weighted by Gasteiger charge is -2.04. The molecule has 0 aromatic heterocycles. The molecule has 0 saturated heterocycles. The molecule has 1 rings (SSSR count). The third kappa shape index (κ3) is 6.27. The van der Waals surface area contributed by atoms with Gasteiger partial charge >= 0.3 is 0 Å². The molecule has 94 valence electrons. The number of carbonyl (C=O) groups excluding carboxylic acids is 1. The molecule has 0 amide bonds. The van der Waals surface area contributed by atoms with Gasteiger partial charge in [0.05, 0.1) is 0 Å². The first-order chi connectivity index (χ1) is 8.09. The van der Waals surface area contributed by atoms with Crippen molar-refractivity contribution in [1.29, 1.82) is 0 Å². The minimum absolute atomic E-state index is 0.252. The Hall–Kier alpha value is -0.280. The fourth-order valence-electron chi connectivity index (χ4n) is 1.43. The lowest BCUT2D eigenvalue weighted by molar-refractivity contribution is 0.0982. The zero-order valence-electron chi connectivity index (χ0n) is 10.4. The van der Waals surface area contributed by atoms with E-state index in [4.69, 9.17) is 0 Å². The van der Waals surface area contributed by atoms with Gasteiger partial charge in [0.15, 0.2) is 5.78 Å². The van der Waals surface area contributed by atoms with Crippen molar-refractivity contribution in [3.05, 3.63) is 34.3 Å². The van der Waals surface area contributed by atoms with Gasteiger partial charge in [-0.25, -0.2) is 0 Å². The molecule has 0 aliphatic carbocycles. The van der Waals surface area contributed by atoms with Crippen molar-refractivity contribution in [2.24, 2.45) is 5.92 Å². The molecule has 0 saturated carbocycles. The third-order valence-electron chi connectivity index (χ3n) is 2.31. The van der Waals surface area contributed by atoms with Crippen LogP contribution in [0.4, 0.5) is 0 Å². The Kier molecular flexibility index (Phi) is 6.90. The Morgan fingerprint density at radius 1 is 1.29 bits per heavy atom. The van der Waals surface area contributed by atoms with Crippen LogP contribution in [-0.4, -0.2) is 17.3 Å². The maximum Gasteiger partial charge on any atom is 0.162 e. The van der Waals surface area contributed by atoms with Crippen molar-refractivity contribution in [3.63, 3.8) is 0 Å². The molecule has 0 aliphatic heterocycles. The number of carbonyl (C=O) groups is 1. The van der Waals surface area contributed by atoms with Crippen molar-refractivity contribution in [2.45, 2.75) is 26.7 Å². The van der Waals surface area contributed by atoms with E-state index in [2.05, 4.69) is 29.8 Å². The van der Waals surface area contributed by atoms with Crippen LogP contribution in [0.3, 0.4) is 0 Å². The average Bonchev–Trinajstić information content (AvgIpc) is 2.29. The van der Waals surface area contributed by atoms with Crippen LogP contribution in [0.2, 0.25) is 0 Å². The van der Waals surface area contributed by atoms with E-state index >= 15 is 0 Å². The first-order valence-electron chi connectivity index (χ1n) is 5.96. The van der Waals surface area contributed by atoms with Crippen LogP contribution in [-0.2, 0) is 0 Å². The van der Waals surface area contributed by atoms with Gasteiger partial charge in [-0.15, -0.1) is 0 Å². The van der Waals surface area contributed by atoms with Crippen molar-refractivity contribution in [2.75, 3.05) is 11.5 Å². The molecule has 1 aromatic rings. The summed E-state index contributed by atoms with van der Waals surface area (Å²) in [7, 11) is 0. The highest BCUT2D eigenvalue weighted by molar-refractivity contribution is 9.10. The number of hydrogen-bond donors (Lipinski definition) is 0. The Labute approximate surface area is 117 Å². The van der Waals surface area contributed by atoms with Gasteiger partial charge in [0, 0.05) is 16.5 Å². The fourth-order valence-corrected chi connectivity index (χ4v) is 2.68. The van der Waals surface area contributed by atoms with Crippen LogP contribution in [0, 0.1) is 5.92 Å². The zero-order chi connectivity index (χ0) is 12.7. The fraction of sp³-hybridized carbons (Fsp3) is 0.500. The lowest BCUT2D eigenvalue weighted by Crippen LogP contribution is -2.00. The highest BCUT2D eigenvalue weighted by atomic mass is 79.9. The molecule has 0 radical (unpaired) electrons. The van der Waals surface area contributed by atoms with E-state index in [9.17, 15) is 4.79 Å². The van der Waals surface area contributed by atoms with E-state index in [0.29, 0.717) is 6.42 Å². The van der Waals surface area contributed by atoms with Gasteiger partial charge in [-0.2, -0.15) is 11.8 Å². The topological polar surface area (TPSA) is 17.1 Å². The SMILES string of the molecule is CC(C)CSCCCC(=O)c1ccc(Br)cc1. The number of Topliss-reactive ketones (excluding diaryl/α,β-unsaturated/α-hetero) is 1. The maximum absolute atomic E-state index is 11.8. The summed E-state index contributed by atoms with van der Waals surface area (Å²) < 4.78 is 1.02. The smallest absolute Gasteiger partial charge is 0.162 e. The van der Waals surface area contributed by atoms with E-state index in [1.165, 1.54) is 5.75 Å². The second kappa shape index (κ2) is 7.93. The molecule has 0 heterocycles. The van der Waals surface area contributed by atoms with E-state index in [-0.39, 0.29) is 5.78 Å². The number of rotatable bonds is 7. The number of benzene rings is 1. The summed E-state index contributed by atoms with van der Waals surface area (Å²) in [6, 6.07) is 7.60. The summed E-state index contributed by atoms with van der Waals surface area (Å²) in [5.74, 6) is 3.26. The molecule has 3 heteroatoms. The highest BCUT2D eigenvalue weighted by Crippen LogP contribution is 2.14. The number of halogens is 1. The zero-order valence-corrected chi connectivity index (χ0v) is 12.8. The Morgan fingerprint density at radius 3 is 2.53 bits per heavy atom. The van der Waals surface area contributed by atoms with Crippen LogP contribution in [0.1, 0.15) is 37.0 Å². The summed E-state index contributed by atoms with van der Waals surface area (Å²) in [5.41, 5.74) is 0.821. The van der Waals surface area contributed by atoms with Gasteiger partial charge in [0.2, 0.25) is 0 Å². The first-order valence-corrected chi connectivity index (χ1v) is 7.91. The van der Waals surface area contributed by atoms with Crippen LogP contribution < -0.4 is 0 Å². The van der Waals surface area contributed by atoms with Crippen molar-refractivity contribution < 1.29 is 4.79 Å². The first kappa shape index (κ1) is 14.8. The van der Waals surface area contributed by atoms with Crippen molar-refractivity contribution in [3.8, 4) is 0 Å². The molecule has 0 bridgehead atoms. The second-order valence-corrected chi connectivity index (χ2v) is 6.57. The molecule has 1 aromatic carbocycles. The minimum atomic E-state index is 0.252. The molecule has 0 aliphatic rings. The predicted molar refractivity (Wildman–Crippen MR) is 79.9 cm³/mol. The van der Waals surface area contributed by atoms with Gasteiger partial charge < -0.3 is 0 Å². The Morgan fingerprint density at radius 2 is 1.94 bits per heavy atom. The normalized spacial score (nSPS) is 10.8. The molecule has 0 atom stereocenters. The average molecular weight is 315 g/mol. The second-order valence-electron chi connectivity index (χ2n) is 4.50. The predicted octanol–water partition coefficient (Wildman–Crippen LogP) is 4.80. The molecule has 0 fully saturated rings. The summed E-state index contributed by atoms with van der Waals surface area (Å²) >= 11 is 5.31. The van der Waals surface area contributed by atoms with Crippen molar-refractivity contribution >= 4 is 33.5 Å². The number of thioether (sulfide) groups is 1. The molecule has 0 spiro atoms. The maximum atomic E-state index is 11.8. The lowest BCUT2D eigenvalue weighted by atomic mass is 10.1. The van der Waals surface area contributed by atoms with E-state index in [1.54, 1.807) is 0 Å². The van der Waals surface area contributed by atoms with Gasteiger partial charge in [-0.3, -0.25) is 4.79 Å². The summed E-state index contributed by atoms with van der Waals surface area (Å²) in [5, 5.41) is 0. The standard InChI is InChI=1S/C14H19BrOS/c1-11(2)10-17-9-3-4-14(16)12-5-7-13(15)8-6-12/h5-8,11H,3-4,9-10H2,1-2H3. The third-order valence-corrected chi connectivity index (χ3v) is 4.32. The molecule has 0 unspecified atom stereocenters. The van der Waals surface area contributed by atoms with Gasteiger partial charge in [0.25, 0.3) is 0 Å². The van der Waals surface area contributed by atoms with E-state index in [0.717, 1.165) is 28.1 Å². The number of ketones is 1. The van der Waals surface area contributed by atoms with Crippen LogP contribution in [0.5, 0.6) is 0 Å². The summed E-state index contributed by atoms with van der Waals surface area (Å²) in [6.07, 6.45) is 1.64. The van der Waals surface area contributed by atoms with Crippen molar-refractivity contribution in [1.82, 2.24) is 0 Å².